The van der Waals surface area contributed by atoms with E-state index < -0.39 is 0 Å². The summed E-state index contributed by atoms with van der Waals surface area (Å²) in [6.07, 6.45) is 5.78. The van der Waals surface area contributed by atoms with E-state index in [2.05, 4.69) is 69.8 Å². The first-order valence-corrected chi connectivity index (χ1v) is 9.50. The van der Waals surface area contributed by atoms with E-state index in [0.29, 0.717) is 31.1 Å². The number of hydrogen-bond donors (Lipinski definition) is 1. The Labute approximate surface area is 157 Å². The van der Waals surface area contributed by atoms with Gasteiger partial charge in [-0.05, 0) is 53.8 Å². The molecule has 0 aromatic heterocycles. The normalized spacial score (nSPS) is 23.7. The Morgan fingerprint density at radius 3 is 2.76 bits per heavy atom. The SMILES string of the molecule is COCCOc1ccc2c(c1)C1C=CCC1C(c1ccc(Br)cc1)N2. The van der Waals surface area contributed by atoms with Crippen LogP contribution >= 0.6 is 15.9 Å². The van der Waals surface area contributed by atoms with Crippen molar-refractivity contribution in [2.45, 2.75) is 18.4 Å². The molecule has 1 aliphatic carbocycles. The predicted octanol–water partition coefficient (Wildman–Crippen LogP) is 5.30. The van der Waals surface area contributed by atoms with E-state index in [1.807, 2.05) is 6.07 Å². The lowest BCUT2D eigenvalue weighted by molar-refractivity contribution is 0.146. The molecule has 130 valence electrons. The number of methoxy groups -OCH3 is 1. The Kier molecular flexibility index (Phi) is 4.82. The van der Waals surface area contributed by atoms with Crippen LogP contribution in [0.1, 0.15) is 29.5 Å². The number of anilines is 1. The van der Waals surface area contributed by atoms with E-state index in [-0.39, 0.29) is 0 Å². The van der Waals surface area contributed by atoms with Gasteiger partial charge in [-0.1, -0.05) is 40.2 Å². The fourth-order valence-electron chi connectivity index (χ4n) is 3.91. The zero-order chi connectivity index (χ0) is 17.2. The van der Waals surface area contributed by atoms with Gasteiger partial charge in [-0.15, -0.1) is 0 Å². The molecule has 0 saturated heterocycles. The second-order valence-corrected chi connectivity index (χ2v) is 7.53. The zero-order valence-corrected chi connectivity index (χ0v) is 15.8. The van der Waals surface area contributed by atoms with Crippen LogP contribution in [0.5, 0.6) is 5.75 Å². The molecule has 0 saturated carbocycles. The summed E-state index contributed by atoms with van der Waals surface area (Å²) >= 11 is 3.53. The lowest BCUT2D eigenvalue weighted by atomic mass is 9.77. The molecule has 4 heteroatoms. The summed E-state index contributed by atoms with van der Waals surface area (Å²) in [5.74, 6) is 1.90. The van der Waals surface area contributed by atoms with Crippen LogP contribution in [0.3, 0.4) is 0 Å². The first-order chi connectivity index (χ1) is 12.3. The molecule has 0 amide bonds. The van der Waals surface area contributed by atoms with Gasteiger partial charge in [0, 0.05) is 23.2 Å². The van der Waals surface area contributed by atoms with E-state index in [9.17, 15) is 0 Å². The highest BCUT2D eigenvalue weighted by Gasteiger charge is 2.37. The quantitative estimate of drug-likeness (QED) is 0.546. The molecule has 1 N–H and O–H groups in total. The lowest BCUT2D eigenvalue weighted by Gasteiger charge is -2.37. The molecular formula is C21H22BrNO2. The molecule has 1 aliphatic heterocycles. The second kappa shape index (κ2) is 7.22. The number of ether oxygens (including phenoxy) is 2. The van der Waals surface area contributed by atoms with Crippen molar-refractivity contribution in [3.8, 4) is 5.75 Å². The number of benzene rings is 2. The monoisotopic (exact) mass is 399 g/mol. The van der Waals surface area contributed by atoms with Gasteiger partial charge in [0.25, 0.3) is 0 Å². The fourth-order valence-corrected chi connectivity index (χ4v) is 4.17. The van der Waals surface area contributed by atoms with Gasteiger partial charge in [0.15, 0.2) is 0 Å². The van der Waals surface area contributed by atoms with E-state index >= 15 is 0 Å². The molecule has 2 aromatic rings. The molecule has 3 unspecified atom stereocenters. The minimum absolute atomic E-state index is 0.334. The van der Waals surface area contributed by atoms with Crippen LogP contribution in [0.25, 0.3) is 0 Å². The minimum atomic E-state index is 0.334. The van der Waals surface area contributed by atoms with Crippen molar-refractivity contribution >= 4 is 21.6 Å². The van der Waals surface area contributed by atoms with E-state index in [1.54, 1.807) is 7.11 Å². The molecular weight excluding hydrogens is 378 g/mol. The van der Waals surface area contributed by atoms with Crippen molar-refractivity contribution in [1.82, 2.24) is 0 Å². The molecule has 3 nitrogen and oxygen atoms in total. The largest absolute Gasteiger partial charge is 0.491 e. The molecule has 0 spiro atoms. The molecule has 2 aliphatic rings. The van der Waals surface area contributed by atoms with Gasteiger partial charge in [-0.3, -0.25) is 0 Å². The summed E-state index contributed by atoms with van der Waals surface area (Å²) in [5, 5.41) is 3.76. The van der Waals surface area contributed by atoms with E-state index in [1.165, 1.54) is 16.8 Å². The fraction of sp³-hybridized carbons (Fsp3) is 0.333. The number of halogens is 1. The highest BCUT2D eigenvalue weighted by atomic mass is 79.9. The van der Waals surface area contributed by atoms with Crippen molar-refractivity contribution in [2.75, 3.05) is 25.6 Å². The minimum Gasteiger partial charge on any atom is -0.491 e. The van der Waals surface area contributed by atoms with Gasteiger partial charge in [0.1, 0.15) is 12.4 Å². The van der Waals surface area contributed by atoms with Crippen LogP contribution in [0.15, 0.2) is 59.1 Å². The average molecular weight is 400 g/mol. The first kappa shape index (κ1) is 16.7. The highest BCUT2D eigenvalue weighted by Crippen LogP contribution is 2.50. The van der Waals surface area contributed by atoms with Crippen LogP contribution in [-0.4, -0.2) is 20.3 Å². The van der Waals surface area contributed by atoms with Crippen LogP contribution in [0.4, 0.5) is 5.69 Å². The van der Waals surface area contributed by atoms with Gasteiger partial charge in [0.2, 0.25) is 0 Å². The summed E-state index contributed by atoms with van der Waals surface area (Å²) in [4.78, 5) is 0. The molecule has 1 heterocycles. The van der Waals surface area contributed by atoms with E-state index in [4.69, 9.17) is 9.47 Å². The molecule has 2 aromatic carbocycles. The summed E-state index contributed by atoms with van der Waals surface area (Å²) in [6, 6.07) is 15.4. The van der Waals surface area contributed by atoms with Crippen LogP contribution < -0.4 is 10.1 Å². The van der Waals surface area contributed by atoms with Gasteiger partial charge in [-0.25, -0.2) is 0 Å². The highest BCUT2D eigenvalue weighted by molar-refractivity contribution is 9.10. The number of nitrogens with one attached hydrogen (secondary N) is 1. The van der Waals surface area contributed by atoms with Gasteiger partial charge < -0.3 is 14.8 Å². The summed E-state index contributed by atoms with van der Waals surface area (Å²) < 4.78 is 12.0. The first-order valence-electron chi connectivity index (χ1n) is 8.70. The Morgan fingerprint density at radius 1 is 1.12 bits per heavy atom. The smallest absolute Gasteiger partial charge is 0.119 e. The Morgan fingerprint density at radius 2 is 1.96 bits per heavy atom. The molecule has 3 atom stereocenters. The van der Waals surface area contributed by atoms with Crippen molar-refractivity contribution in [3.63, 3.8) is 0 Å². The molecule has 25 heavy (non-hydrogen) atoms. The van der Waals surface area contributed by atoms with Crippen molar-refractivity contribution in [2.24, 2.45) is 5.92 Å². The summed E-state index contributed by atoms with van der Waals surface area (Å²) in [5.41, 5.74) is 3.88. The van der Waals surface area contributed by atoms with Crippen molar-refractivity contribution in [1.29, 1.82) is 0 Å². The molecule has 0 fully saturated rings. The van der Waals surface area contributed by atoms with Crippen molar-refractivity contribution in [3.05, 3.63) is 70.2 Å². The Bertz CT molecular complexity index is 772. The second-order valence-electron chi connectivity index (χ2n) is 6.62. The summed E-state index contributed by atoms with van der Waals surface area (Å²) in [7, 11) is 1.69. The average Bonchev–Trinajstić information content (AvgIpc) is 3.12. The topological polar surface area (TPSA) is 30.5 Å². The zero-order valence-electron chi connectivity index (χ0n) is 14.2. The number of hydrogen-bond acceptors (Lipinski definition) is 3. The molecule has 0 radical (unpaired) electrons. The number of fused-ring (bicyclic) bond motifs is 3. The van der Waals surface area contributed by atoms with Crippen molar-refractivity contribution < 1.29 is 9.47 Å². The van der Waals surface area contributed by atoms with E-state index in [0.717, 1.165) is 16.6 Å². The van der Waals surface area contributed by atoms with Gasteiger partial charge in [0.05, 0.1) is 12.6 Å². The third kappa shape index (κ3) is 3.33. The van der Waals surface area contributed by atoms with Gasteiger partial charge in [-0.2, -0.15) is 0 Å². The molecule has 0 bridgehead atoms. The van der Waals surface area contributed by atoms with Gasteiger partial charge >= 0.3 is 0 Å². The molecule has 4 rings (SSSR count). The number of allylic oxidation sites excluding steroid dienone is 2. The third-order valence-corrected chi connectivity index (χ3v) is 5.65. The Hall–Kier alpha value is -1.78. The maximum absolute atomic E-state index is 5.80. The van der Waals surface area contributed by atoms with Crippen LogP contribution in [0, 0.1) is 5.92 Å². The standard InChI is InChI=1S/C21H22BrNO2/c1-24-11-12-25-16-9-10-20-19(13-16)17-3-2-4-18(17)21(23-20)14-5-7-15(22)8-6-14/h2-3,5-10,13,17-18,21,23H,4,11-12H2,1H3. The number of rotatable bonds is 5. The van der Waals surface area contributed by atoms with Crippen LogP contribution in [0.2, 0.25) is 0 Å². The third-order valence-electron chi connectivity index (χ3n) is 5.12. The predicted molar refractivity (Wildman–Crippen MR) is 104 cm³/mol. The lowest BCUT2D eigenvalue weighted by Crippen LogP contribution is -2.29. The maximum atomic E-state index is 5.80. The summed E-state index contributed by atoms with van der Waals surface area (Å²) in [6.45, 7) is 1.18. The van der Waals surface area contributed by atoms with Crippen LogP contribution in [-0.2, 0) is 4.74 Å². The Balaban J connectivity index is 1.63. The maximum Gasteiger partial charge on any atom is 0.119 e.